The van der Waals surface area contributed by atoms with Crippen LogP contribution in [0.2, 0.25) is 0 Å². The molecule has 0 aliphatic heterocycles. The van der Waals surface area contributed by atoms with Crippen LogP contribution in [0.3, 0.4) is 0 Å². The Morgan fingerprint density at radius 2 is 2.21 bits per heavy atom. The van der Waals surface area contributed by atoms with Crippen molar-refractivity contribution in [3.05, 3.63) is 33.2 Å². The van der Waals surface area contributed by atoms with Crippen molar-refractivity contribution < 1.29 is 13.6 Å². The fourth-order valence-electron chi connectivity index (χ4n) is 1.06. The van der Waals surface area contributed by atoms with Crippen molar-refractivity contribution in [2.45, 2.75) is 13.0 Å². The Bertz CT molecular complexity index is 401. The zero-order valence-corrected chi connectivity index (χ0v) is 7.09. The van der Waals surface area contributed by atoms with Crippen LogP contribution in [0.5, 0.6) is 0 Å². The number of carbonyl (C=O) groups excluding carboxylic acids is 1. The third-order valence-electron chi connectivity index (χ3n) is 1.76. The van der Waals surface area contributed by atoms with Crippen LogP contribution in [-0.2, 0) is 6.54 Å². The Morgan fingerprint density at radius 1 is 1.57 bits per heavy atom. The normalized spacial score (nSPS) is 10.6. The molecule has 0 aliphatic carbocycles. The topological polar surface area (TPSA) is 76.0 Å². The summed E-state index contributed by atoms with van der Waals surface area (Å²) in [6.45, 7) is -0.160. The smallest absolute Gasteiger partial charge is 0.278 e. The number of halogens is 2. The summed E-state index contributed by atoms with van der Waals surface area (Å²) in [6.07, 6.45) is -2.48. The highest BCUT2D eigenvalue weighted by molar-refractivity contribution is 5.77. The van der Waals surface area contributed by atoms with Crippen LogP contribution in [0, 0.1) is 0 Å². The fourth-order valence-corrected chi connectivity index (χ4v) is 1.06. The number of carbonyl (C=O) groups is 1. The summed E-state index contributed by atoms with van der Waals surface area (Å²) in [5.41, 5.74) is 3.80. The molecule has 14 heavy (non-hydrogen) atoms. The van der Waals surface area contributed by atoms with Gasteiger partial charge < -0.3 is 10.7 Å². The van der Waals surface area contributed by atoms with Crippen molar-refractivity contribution in [2.75, 3.05) is 0 Å². The Morgan fingerprint density at radius 3 is 2.64 bits per heavy atom. The van der Waals surface area contributed by atoms with Crippen LogP contribution in [-0.4, -0.2) is 11.3 Å². The van der Waals surface area contributed by atoms with Crippen molar-refractivity contribution >= 4 is 6.29 Å². The lowest BCUT2D eigenvalue weighted by molar-refractivity contribution is 0.112. The summed E-state index contributed by atoms with van der Waals surface area (Å²) in [5.74, 6) is 0. The minimum absolute atomic E-state index is 0.0180. The number of H-pyrrole nitrogens is 1. The molecule has 0 bridgehead atoms. The lowest BCUT2D eigenvalue weighted by Gasteiger charge is -2.04. The number of pyridine rings is 1. The molecule has 0 aromatic carbocycles. The average Bonchev–Trinajstić information content (AvgIpc) is 2.16. The molecule has 0 spiro atoms. The van der Waals surface area contributed by atoms with E-state index in [0.717, 1.165) is 6.07 Å². The van der Waals surface area contributed by atoms with Crippen molar-refractivity contribution in [3.63, 3.8) is 0 Å². The second-order valence-corrected chi connectivity index (χ2v) is 2.61. The summed E-state index contributed by atoms with van der Waals surface area (Å²) in [4.78, 5) is 23.5. The van der Waals surface area contributed by atoms with E-state index in [1.165, 1.54) is 0 Å². The van der Waals surface area contributed by atoms with E-state index in [2.05, 4.69) is 0 Å². The van der Waals surface area contributed by atoms with Crippen molar-refractivity contribution in [3.8, 4) is 0 Å². The minimum atomic E-state index is -2.81. The molecule has 0 saturated carbocycles. The third kappa shape index (κ3) is 1.85. The van der Waals surface area contributed by atoms with Gasteiger partial charge in [0.05, 0.1) is 5.69 Å². The largest absolute Gasteiger partial charge is 0.326 e. The predicted octanol–water partition coefficient (Wildman–Crippen LogP) is 0.584. The lowest BCUT2D eigenvalue weighted by Crippen LogP contribution is -2.20. The highest BCUT2D eigenvalue weighted by Gasteiger charge is 2.13. The summed E-state index contributed by atoms with van der Waals surface area (Å²) < 4.78 is 24.4. The maximum absolute atomic E-state index is 12.2. The fraction of sp³-hybridized carbons (Fsp3) is 0.250. The maximum Gasteiger partial charge on any atom is 0.278 e. The molecule has 1 aromatic rings. The first-order valence-electron chi connectivity index (χ1n) is 3.79. The molecule has 3 N–H and O–H groups in total. The third-order valence-corrected chi connectivity index (χ3v) is 1.76. The Hall–Kier alpha value is -1.56. The van der Waals surface area contributed by atoms with Crippen LogP contribution in [0.25, 0.3) is 0 Å². The van der Waals surface area contributed by atoms with Crippen LogP contribution in [0.4, 0.5) is 8.78 Å². The van der Waals surface area contributed by atoms with Gasteiger partial charge in [0.25, 0.3) is 12.0 Å². The number of aromatic nitrogens is 1. The van der Waals surface area contributed by atoms with Crippen LogP contribution >= 0.6 is 0 Å². The van der Waals surface area contributed by atoms with Crippen molar-refractivity contribution in [2.24, 2.45) is 5.73 Å². The number of aromatic amines is 1. The summed E-state index contributed by atoms with van der Waals surface area (Å²) in [5, 5.41) is 0. The van der Waals surface area contributed by atoms with E-state index in [-0.39, 0.29) is 17.7 Å². The van der Waals surface area contributed by atoms with E-state index >= 15 is 0 Å². The minimum Gasteiger partial charge on any atom is -0.326 e. The van der Waals surface area contributed by atoms with Crippen molar-refractivity contribution in [1.29, 1.82) is 0 Å². The zero-order chi connectivity index (χ0) is 10.7. The van der Waals surface area contributed by atoms with Gasteiger partial charge in [-0.05, 0) is 6.07 Å². The molecule has 0 atom stereocenters. The highest BCUT2D eigenvalue weighted by Crippen LogP contribution is 2.16. The summed E-state index contributed by atoms with van der Waals surface area (Å²) >= 11 is 0. The SMILES string of the molecule is NCc1c(C=O)cc(C(F)F)[nH]c1=O. The first kappa shape index (κ1) is 10.5. The molecule has 1 rings (SSSR count). The molecule has 0 radical (unpaired) electrons. The van der Waals surface area contributed by atoms with Gasteiger partial charge >= 0.3 is 0 Å². The molecular formula is C8H8F2N2O2. The molecule has 0 fully saturated rings. The second kappa shape index (κ2) is 4.10. The number of hydrogen-bond donors (Lipinski definition) is 2. The number of hydrogen-bond acceptors (Lipinski definition) is 3. The Balaban J connectivity index is 3.39. The van der Waals surface area contributed by atoms with Crippen molar-refractivity contribution in [1.82, 2.24) is 4.98 Å². The first-order valence-corrected chi connectivity index (χ1v) is 3.79. The molecular weight excluding hydrogens is 194 g/mol. The first-order chi connectivity index (χ1) is 6.60. The quantitative estimate of drug-likeness (QED) is 0.704. The lowest BCUT2D eigenvalue weighted by atomic mass is 10.1. The van der Waals surface area contributed by atoms with E-state index in [4.69, 9.17) is 5.73 Å². The van der Waals surface area contributed by atoms with E-state index < -0.39 is 17.7 Å². The number of nitrogens with one attached hydrogen (secondary N) is 1. The molecule has 0 amide bonds. The van der Waals surface area contributed by atoms with Crippen LogP contribution in [0.15, 0.2) is 10.9 Å². The Kier molecular flexibility index (Phi) is 3.08. The van der Waals surface area contributed by atoms with Gasteiger partial charge in [0.15, 0.2) is 6.29 Å². The molecule has 1 aromatic heterocycles. The van der Waals surface area contributed by atoms with Gasteiger partial charge in [-0.25, -0.2) is 8.78 Å². The monoisotopic (exact) mass is 202 g/mol. The number of alkyl halides is 2. The van der Waals surface area contributed by atoms with Gasteiger partial charge in [0.1, 0.15) is 0 Å². The number of nitrogens with two attached hydrogens (primary N) is 1. The molecule has 0 aliphatic rings. The molecule has 4 nitrogen and oxygen atoms in total. The molecule has 0 unspecified atom stereocenters. The van der Waals surface area contributed by atoms with Crippen LogP contribution in [0.1, 0.15) is 28.0 Å². The van der Waals surface area contributed by atoms with E-state index in [1.807, 2.05) is 4.98 Å². The molecule has 1 heterocycles. The van der Waals surface area contributed by atoms with Gasteiger partial charge in [0, 0.05) is 17.7 Å². The Labute approximate surface area is 77.7 Å². The van der Waals surface area contributed by atoms with E-state index in [1.54, 1.807) is 0 Å². The van der Waals surface area contributed by atoms with Gasteiger partial charge in [-0.2, -0.15) is 0 Å². The molecule has 76 valence electrons. The standard InChI is InChI=1S/C8H8F2N2O2/c9-7(10)6-1-4(3-13)5(2-11)8(14)12-6/h1,3,7H,2,11H2,(H,12,14). The van der Waals surface area contributed by atoms with Gasteiger partial charge in [0.2, 0.25) is 0 Å². The van der Waals surface area contributed by atoms with E-state index in [0.29, 0.717) is 6.29 Å². The van der Waals surface area contributed by atoms with Gasteiger partial charge in [-0.3, -0.25) is 9.59 Å². The molecule has 6 heteroatoms. The predicted molar refractivity (Wildman–Crippen MR) is 45.3 cm³/mol. The second-order valence-electron chi connectivity index (χ2n) is 2.61. The number of rotatable bonds is 3. The zero-order valence-electron chi connectivity index (χ0n) is 7.09. The average molecular weight is 202 g/mol. The number of aldehydes is 1. The van der Waals surface area contributed by atoms with Gasteiger partial charge in [-0.1, -0.05) is 0 Å². The van der Waals surface area contributed by atoms with Crippen LogP contribution < -0.4 is 11.3 Å². The highest BCUT2D eigenvalue weighted by atomic mass is 19.3. The summed E-state index contributed by atoms with van der Waals surface area (Å²) in [7, 11) is 0. The summed E-state index contributed by atoms with van der Waals surface area (Å²) in [6, 6.07) is 0.932. The van der Waals surface area contributed by atoms with Gasteiger partial charge in [-0.15, -0.1) is 0 Å². The van der Waals surface area contributed by atoms with E-state index in [9.17, 15) is 18.4 Å². The molecule has 0 saturated heterocycles. The maximum atomic E-state index is 12.2.